The lowest BCUT2D eigenvalue weighted by Gasteiger charge is -2.10. The molecule has 0 heterocycles. The molecule has 0 bridgehead atoms. The van der Waals surface area contributed by atoms with E-state index in [9.17, 15) is 13.2 Å². The maximum Gasteiger partial charge on any atom is 0.261 e. The van der Waals surface area contributed by atoms with E-state index in [-0.39, 0.29) is 10.8 Å². The first kappa shape index (κ1) is 20.7. The molecule has 0 unspecified atom stereocenters. The Hall–Kier alpha value is -3.03. The summed E-state index contributed by atoms with van der Waals surface area (Å²) >= 11 is 6.07. The largest absolute Gasteiger partial charge is 0.497 e. The molecule has 3 aromatic rings. The van der Waals surface area contributed by atoms with Gasteiger partial charge in [-0.3, -0.25) is 9.52 Å². The molecule has 3 aromatic carbocycles. The molecular formula is C21H19ClN2O4S. The normalized spacial score (nSPS) is 11.0. The van der Waals surface area contributed by atoms with Crippen LogP contribution in [-0.2, 0) is 10.0 Å². The molecule has 0 radical (unpaired) electrons. The molecular weight excluding hydrogens is 412 g/mol. The summed E-state index contributed by atoms with van der Waals surface area (Å²) < 4.78 is 32.6. The Labute approximate surface area is 174 Å². The Balaban J connectivity index is 1.72. The molecule has 0 atom stereocenters. The number of aryl methyl sites for hydroxylation is 1. The molecule has 2 N–H and O–H groups in total. The van der Waals surface area contributed by atoms with Crippen LogP contribution in [0.1, 0.15) is 15.9 Å². The van der Waals surface area contributed by atoms with Gasteiger partial charge in [-0.25, -0.2) is 8.42 Å². The van der Waals surface area contributed by atoms with Crippen molar-refractivity contribution in [2.75, 3.05) is 17.1 Å². The third-order valence-electron chi connectivity index (χ3n) is 4.20. The van der Waals surface area contributed by atoms with Gasteiger partial charge < -0.3 is 10.1 Å². The number of hydrogen-bond donors (Lipinski definition) is 2. The van der Waals surface area contributed by atoms with E-state index in [0.29, 0.717) is 27.7 Å². The lowest BCUT2D eigenvalue weighted by Crippen LogP contribution is -2.14. The fraction of sp³-hybridized carbons (Fsp3) is 0.0952. The van der Waals surface area contributed by atoms with E-state index in [4.69, 9.17) is 16.3 Å². The second-order valence-corrected chi connectivity index (χ2v) is 8.37. The zero-order valence-electron chi connectivity index (χ0n) is 15.8. The maximum atomic E-state index is 12.5. The molecule has 1 amide bonds. The highest BCUT2D eigenvalue weighted by molar-refractivity contribution is 7.92. The van der Waals surface area contributed by atoms with Crippen LogP contribution in [0.15, 0.2) is 71.6 Å². The van der Waals surface area contributed by atoms with Crippen molar-refractivity contribution < 1.29 is 17.9 Å². The van der Waals surface area contributed by atoms with Crippen LogP contribution in [0.4, 0.5) is 11.4 Å². The number of benzene rings is 3. The van der Waals surface area contributed by atoms with Crippen molar-refractivity contribution in [2.45, 2.75) is 11.8 Å². The average Bonchev–Trinajstić information content (AvgIpc) is 2.71. The number of ether oxygens (including phenoxy) is 1. The summed E-state index contributed by atoms with van der Waals surface area (Å²) in [5.74, 6) is 0.259. The molecule has 6 nitrogen and oxygen atoms in total. The first-order chi connectivity index (χ1) is 13.8. The summed E-state index contributed by atoms with van der Waals surface area (Å²) in [6, 6.07) is 17.4. The molecule has 0 aliphatic rings. The first-order valence-corrected chi connectivity index (χ1v) is 10.5. The number of halogens is 1. The van der Waals surface area contributed by atoms with E-state index in [1.807, 2.05) is 6.92 Å². The second-order valence-electron chi connectivity index (χ2n) is 6.28. The molecule has 0 fully saturated rings. The number of carbonyl (C=O) groups is 1. The highest BCUT2D eigenvalue weighted by Gasteiger charge is 2.15. The molecule has 0 spiro atoms. The van der Waals surface area contributed by atoms with Crippen molar-refractivity contribution in [3.8, 4) is 5.75 Å². The smallest absolute Gasteiger partial charge is 0.261 e. The Morgan fingerprint density at radius 3 is 2.14 bits per heavy atom. The van der Waals surface area contributed by atoms with Gasteiger partial charge >= 0.3 is 0 Å². The van der Waals surface area contributed by atoms with Crippen molar-refractivity contribution >= 4 is 38.9 Å². The predicted molar refractivity (Wildman–Crippen MR) is 114 cm³/mol. The van der Waals surface area contributed by atoms with Crippen molar-refractivity contribution in [1.29, 1.82) is 0 Å². The van der Waals surface area contributed by atoms with Crippen LogP contribution in [0.5, 0.6) is 5.75 Å². The molecule has 0 saturated carbocycles. The van der Waals surface area contributed by atoms with Crippen LogP contribution in [0.25, 0.3) is 0 Å². The van der Waals surface area contributed by atoms with Crippen LogP contribution in [0.3, 0.4) is 0 Å². The van der Waals surface area contributed by atoms with E-state index in [0.717, 1.165) is 5.56 Å². The Bertz CT molecular complexity index is 1130. The van der Waals surface area contributed by atoms with Crippen LogP contribution >= 0.6 is 11.6 Å². The minimum Gasteiger partial charge on any atom is -0.497 e. The molecule has 150 valence electrons. The molecule has 3 rings (SSSR count). The quantitative estimate of drug-likeness (QED) is 0.593. The fourth-order valence-corrected chi connectivity index (χ4v) is 3.77. The number of carbonyl (C=O) groups excluding carboxylic acids is 1. The summed E-state index contributed by atoms with van der Waals surface area (Å²) in [7, 11) is -2.25. The van der Waals surface area contributed by atoms with Crippen LogP contribution in [0, 0.1) is 6.92 Å². The summed E-state index contributed by atoms with van der Waals surface area (Å²) in [6.45, 7) is 1.87. The van der Waals surface area contributed by atoms with E-state index < -0.39 is 10.0 Å². The molecule has 29 heavy (non-hydrogen) atoms. The summed E-state index contributed by atoms with van der Waals surface area (Å²) in [5.41, 5.74) is 2.20. The van der Waals surface area contributed by atoms with Crippen LogP contribution in [-0.4, -0.2) is 21.4 Å². The molecule has 0 aliphatic carbocycles. The monoisotopic (exact) mass is 430 g/mol. The van der Waals surface area contributed by atoms with Gasteiger partial charge in [0, 0.05) is 22.0 Å². The number of amides is 1. The second kappa shape index (κ2) is 8.55. The highest BCUT2D eigenvalue weighted by atomic mass is 35.5. The number of sulfonamides is 1. The minimum absolute atomic E-state index is 0.0447. The number of rotatable bonds is 6. The lowest BCUT2D eigenvalue weighted by molar-refractivity contribution is 0.102. The lowest BCUT2D eigenvalue weighted by atomic mass is 10.2. The van der Waals surface area contributed by atoms with Gasteiger partial charge in [-0.05, 0) is 73.2 Å². The molecule has 0 saturated heterocycles. The molecule has 0 aliphatic heterocycles. The summed E-state index contributed by atoms with van der Waals surface area (Å²) in [6.07, 6.45) is 0. The number of methoxy groups -OCH3 is 1. The minimum atomic E-state index is -3.78. The van der Waals surface area contributed by atoms with E-state index in [2.05, 4.69) is 10.0 Å². The zero-order chi connectivity index (χ0) is 21.0. The SMILES string of the molecule is COc1ccc(NS(=O)(=O)c2ccc(C(=O)Nc3ccc(C)c(Cl)c3)cc2)cc1. The van der Waals surface area contributed by atoms with Crippen molar-refractivity contribution in [3.05, 3.63) is 82.9 Å². The van der Waals surface area contributed by atoms with Crippen molar-refractivity contribution in [2.24, 2.45) is 0 Å². The third-order valence-corrected chi connectivity index (χ3v) is 6.00. The predicted octanol–water partition coefficient (Wildman–Crippen LogP) is 4.71. The first-order valence-electron chi connectivity index (χ1n) is 8.63. The third kappa shape index (κ3) is 5.07. The maximum absolute atomic E-state index is 12.5. The van der Waals surface area contributed by atoms with E-state index in [1.165, 1.54) is 31.4 Å². The van der Waals surface area contributed by atoms with Gasteiger partial charge in [-0.2, -0.15) is 0 Å². The van der Waals surface area contributed by atoms with Crippen molar-refractivity contribution in [1.82, 2.24) is 0 Å². The Kier molecular flexibility index (Phi) is 6.10. The highest BCUT2D eigenvalue weighted by Crippen LogP contribution is 2.22. The zero-order valence-corrected chi connectivity index (χ0v) is 17.3. The van der Waals surface area contributed by atoms with Gasteiger partial charge in [0.05, 0.1) is 12.0 Å². The Morgan fingerprint density at radius 1 is 0.931 bits per heavy atom. The fourth-order valence-electron chi connectivity index (χ4n) is 2.53. The number of hydrogen-bond acceptors (Lipinski definition) is 4. The van der Waals surface area contributed by atoms with Gasteiger partial charge in [0.15, 0.2) is 0 Å². The van der Waals surface area contributed by atoms with Gasteiger partial charge in [0.2, 0.25) is 0 Å². The van der Waals surface area contributed by atoms with Crippen molar-refractivity contribution in [3.63, 3.8) is 0 Å². The van der Waals surface area contributed by atoms with E-state index >= 15 is 0 Å². The van der Waals surface area contributed by atoms with E-state index in [1.54, 1.807) is 42.5 Å². The average molecular weight is 431 g/mol. The number of anilines is 2. The molecule has 0 aromatic heterocycles. The van der Waals surface area contributed by atoms with Gasteiger partial charge in [-0.15, -0.1) is 0 Å². The number of nitrogens with one attached hydrogen (secondary N) is 2. The van der Waals surface area contributed by atoms with Gasteiger partial charge in [0.25, 0.3) is 15.9 Å². The summed E-state index contributed by atoms with van der Waals surface area (Å²) in [4.78, 5) is 12.4. The topological polar surface area (TPSA) is 84.5 Å². The summed E-state index contributed by atoms with van der Waals surface area (Å²) in [5, 5.41) is 3.28. The standard InChI is InChI=1S/C21H19ClN2O4S/c1-14-3-6-17(13-20(14)22)23-21(25)15-4-11-19(12-5-15)29(26,27)24-16-7-9-18(28-2)10-8-16/h3-13,24H,1-2H3,(H,23,25). The van der Waals surface area contributed by atoms with Crippen LogP contribution < -0.4 is 14.8 Å². The van der Waals surface area contributed by atoms with Gasteiger partial charge in [-0.1, -0.05) is 17.7 Å². The van der Waals surface area contributed by atoms with Gasteiger partial charge in [0.1, 0.15) is 5.75 Å². The Morgan fingerprint density at radius 2 is 1.55 bits per heavy atom. The molecule has 8 heteroatoms. The van der Waals surface area contributed by atoms with Crippen LogP contribution in [0.2, 0.25) is 5.02 Å².